The third kappa shape index (κ3) is 2.74. The number of benzene rings is 2. The monoisotopic (exact) mass is 450 g/mol. The zero-order valence-electron chi connectivity index (χ0n) is 17.1. The molecule has 1 unspecified atom stereocenters. The maximum absolute atomic E-state index is 13.2. The van der Waals surface area contributed by atoms with Gasteiger partial charge in [-0.25, -0.2) is 0 Å². The summed E-state index contributed by atoms with van der Waals surface area (Å²) in [5.41, 5.74) is -7.85. The lowest BCUT2D eigenvalue weighted by Gasteiger charge is -2.30. The Kier molecular flexibility index (Phi) is 4.54. The second kappa shape index (κ2) is 6.84. The van der Waals surface area contributed by atoms with Crippen molar-refractivity contribution >= 4 is 34.7 Å². The lowest BCUT2D eigenvalue weighted by Crippen LogP contribution is -2.40. The van der Waals surface area contributed by atoms with E-state index in [1.165, 1.54) is 0 Å². The molecule has 4 rings (SSSR count). The predicted octanol–water partition coefficient (Wildman–Crippen LogP) is -0.643. The van der Waals surface area contributed by atoms with Crippen LogP contribution in [0.15, 0.2) is 23.8 Å². The van der Waals surface area contributed by atoms with Crippen molar-refractivity contribution in [3.05, 3.63) is 57.2 Å². The maximum atomic E-state index is 13.2. The number of hydrogen-bond acceptors (Lipinski definition) is 10. The fourth-order valence-electron chi connectivity index (χ4n) is 4.36. The van der Waals surface area contributed by atoms with Crippen LogP contribution in [0.4, 0.5) is 0 Å². The van der Waals surface area contributed by atoms with Crippen molar-refractivity contribution in [1.82, 2.24) is 0 Å². The zero-order chi connectivity index (χ0) is 24.6. The van der Waals surface area contributed by atoms with E-state index in [1.54, 1.807) is 0 Å². The highest BCUT2D eigenvalue weighted by molar-refractivity contribution is 6.31. The van der Waals surface area contributed by atoms with Crippen LogP contribution < -0.4 is 10.2 Å². The third-order valence-electron chi connectivity index (χ3n) is 5.70. The summed E-state index contributed by atoms with van der Waals surface area (Å²) < 4.78 is 0. The number of carbonyl (C=O) groups is 5. The molecule has 2 aliphatic carbocycles. The van der Waals surface area contributed by atoms with Crippen LogP contribution in [-0.4, -0.2) is 44.2 Å². The largest absolute Gasteiger partial charge is 0.872 e. The fourth-order valence-corrected chi connectivity index (χ4v) is 4.36. The smallest absolute Gasteiger partial charge is 0.197 e. The summed E-state index contributed by atoms with van der Waals surface area (Å²) in [4.78, 5) is 62.6. The highest BCUT2D eigenvalue weighted by Gasteiger charge is 2.50. The summed E-state index contributed by atoms with van der Waals surface area (Å²) in [7, 11) is 0. The summed E-state index contributed by atoms with van der Waals surface area (Å²) in [5.74, 6) is -9.04. The van der Waals surface area contributed by atoms with Crippen LogP contribution in [0.2, 0.25) is 0 Å². The molecule has 0 heterocycles. The number of aromatic hydroxyl groups is 2. The van der Waals surface area contributed by atoms with Crippen LogP contribution >= 0.6 is 0 Å². The number of phenolic OH excluding ortho intramolecular Hbond substituents is 2. The number of rotatable bonds is 4. The van der Waals surface area contributed by atoms with Crippen LogP contribution in [-0.2, 0) is 20.0 Å². The molecule has 0 saturated heterocycles. The molecular formula is C23H14O10-2. The van der Waals surface area contributed by atoms with Gasteiger partial charge < -0.3 is 25.5 Å². The molecule has 2 aliphatic rings. The minimum Gasteiger partial charge on any atom is -0.872 e. The average molecular weight is 450 g/mol. The first kappa shape index (κ1) is 21.9. The molecular weight excluding hydrogens is 436 g/mol. The van der Waals surface area contributed by atoms with Crippen LogP contribution in [0.5, 0.6) is 17.2 Å². The first-order valence-corrected chi connectivity index (χ1v) is 9.54. The van der Waals surface area contributed by atoms with E-state index in [9.17, 15) is 49.5 Å². The molecule has 10 nitrogen and oxygen atoms in total. The van der Waals surface area contributed by atoms with Gasteiger partial charge in [-0.3, -0.25) is 24.0 Å². The molecule has 0 spiro atoms. The van der Waals surface area contributed by atoms with Gasteiger partial charge in [-0.1, -0.05) is 11.5 Å². The average Bonchev–Trinajstić information content (AvgIpc) is 2.93. The molecule has 0 radical (unpaired) electrons. The van der Waals surface area contributed by atoms with Gasteiger partial charge in [0.2, 0.25) is 0 Å². The summed E-state index contributed by atoms with van der Waals surface area (Å²) in [6.45, 7) is 1.92. The van der Waals surface area contributed by atoms with E-state index >= 15 is 0 Å². The Hall–Kier alpha value is -4.31. The van der Waals surface area contributed by atoms with Crippen molar-refractivity contribution in [2.45, 2.75) is 25.9 Å². The fraction of sp³-hybridized carbons (Fsp3) is 0.174. The lowest BCUT2D eigenvalue weighted by atomic mass is 9.77. The van der Waals surface area contributed by atoms with Gasteiger partial charge in [0.25, 0.3) is 0 Å². The number of fused-ring (bicyclic) bond motifs is 3. The van der Waals surface area contributed by atoms with Gasteiger partial charge >= 0.3 is 0 Å². The van der Waals surface area contributed by atoms with Crippen LogP contribution in [0.25, 0.3) is 5.76 Å². The molecule has 0 aromatic heterocycles. The highest BCUT2D eigenvalue weighted by Crippen LogP contribution is 2.50. The minimum atomic E-state index is -2.97. The molecule has 168 valence electrons. The first-order valence-electron chi connectivity index (χ1n) is 9.54. The number of carbonyl (C=O) groups excluding carboxylic acids is 5. The topological polar surface area (TPSA) is 192 Å². The zero-order valence-corrected chi connectivity index (χ0v) is 17.1. The van der Waals surface area contributed by atoms with Crippen molar-refractivity contribution in [2.75, 3.05) is 0 Å². The van der Waals surface area contributed by atoms with E-state index < -0.39 is 103 Å². The summed E-state index contributed by atoms with van der Waals surface area (Å²) in [6.07, 6.45) is -0.872. The van der Waals surface area contributed by atoms with E-state index in [0.717, 1.165) is 32.0 Å². The second-order valence-corrected chi connectivity index (χ2v) is 7.87. The summed E-state index contributed by atoms with van der Waals surface area (Å²) in [6, 6.07) is 2.47. The first-order chi connectivity index (χ1) is 15.3. The Balaban J connectivity index is 2.08. The van der Waals surface area contributed by atoms with Crippen molar-refractivity contribution in [3.8, 4) is 17.2 Å². The van der Waals surface area contributed by atoms with Gasteiger partial charge in [0.05, 0.1) is 12.0 Å². The number of ketones is 5. The highest BCUT2D eigenvalue weighted by atomic mass is 16.3. The molecule has 2 aromatic carbocycles. The Bertz CT molecular complexity index is 1390. The van der Waals surface area contributed by atoms with Gasteiger partial charge in [0, 0.05) is 33.9 Å². The quantitative estimate of drug-likeness (QED) is 0.430. The lowest BCUT2D eigenvalue weighted by molar-refractivity contribution is -0.274. The van der Waals surface area contributed by atoms with Crippen molar-refractivity contribution in [2.24, 2.45) is 0 Å². The number of Topliss-reactive ketones (excluding diaryl/α,β-unsaturated/α-hetero) is 3. The van der Waals surface area contributed by atoms with Crippen LogP contribution in [0.1, 0.15) is 63.2 Å². The van der Waals surface area contributed by atoms with Crippen LogP contribution in [0.3, 0.4) is 0 Å². The number of aliphatic hydroxyl groups is 1. The van der Waals surface area contributed by atoms with Crippen molar-refractivity contribution in [3.63, 3.8) is 0 Å². The molecule has 0 saturated carbocycles. The Labute approximate surface area is 185 Å². The molecule has 0 bridgehead atoms. The molecule has 10 heteroatoms. The van der Waals surface area contributed by atoms with Gasteiger partial charge in [-0.2, -0.15) is 0 Å². The predicted molar refractivity (Wildman–Crippen MR) is 104 cm³/mol. The molecule has 1 atom stereocenters. The minimum absolute atomic E-state index is 0.442. The Morgan fingerprint density at radius 2 is 1.52 bits per heavy atom. The molecule has 33 heavy (non-hydrogen) atoms. The Morgan fingerprint density at radius 3 is 2.09 bits per heavy atom. The van der Waals surface area contributed by atoms with E-state index in [1.807, 2.05) is 0 Å². The van der Waals surface area contributed by atoms with Crippen molar-refractivity contribution in [1.29, 1.82) is 0 Å². The summed E-state index contributed by atoms with van der Waals surface area (Å²) >= 11 is 0. The van der Waals surface area contributed by atoms with E-state index in [-0.39, 0.29) is 0 Å². The molecule has 3 N–H and O–H groups in total. The second-order valence-electron chi connectivity index (χ2n) is 7.87. The molecule has 0 aliphatic heterocycles. The van der Waals surface area contributed by atoms with Gasteiger partial charge in [0.15, 0.2) is 28.7 Å². The standard InChI is InChI=1S/C23H16O10/c1-7(24)3-14(28)23(33)12-6-11-16(21(31)17(12)22(32)18(23)8(2)25)20(30)15-10(19(11)29)4-9(26)5-13(15)27/h4-6,26-27,31-33H,3H2,1-2H3/p-2. The third-order valence-corrected chi connectivity index (χ3v) is 5.70. The van der Waals surface area contributed by atoms with E-state index in [4.69, 9.17) is 0 Å². The number of hydrogen-bond donors (Lipinski definition) is 3. The van der Waals surface area contributed by atoms with Gasteiger partial charge in [0.1, 0.15) is 17.3 Å². The van der Waals surface area contributed by atoms with E-state index in [2.05, 4.69) is 0 Å². The maximum Gasteiger partial charge on any atom is 0.197 e. The Morgan fingerprint density at radius 1 is 0.909 bits per heavy atom. The van der Waals surface area contributed by atoms with Gasteiger partial charge in [-0.05, 0) is 31.5 Å². The molecule has 0 fully saturated rings. The van der Waals surface area contributed by atoms with Crippen LogP contribution in [0, 0.1) is 0 Å². The molecule has 0 amide bonds. The summed E-state index contributed by atoms with van der Waals surface area (Å²) in [5, 5.41) is 57.2. The van der Waals surface area contributed by atoms with Crippen molar-refractivity contribution < 1.29 is 49.5 Å². The SMILES string of the molecule is CC(=O)CC(=O)C1(O)C(C(C)=O)=C([O-])c2c1cc1c(c2[O-])C(=O)c2c(O)cc(O)cc2C1=O. The van der Waals surface area contributed by atoms with E-state index in [0.29, 0.717) is 0 Å². The number of phenols is 2. The van der Waals surface area contributed by atoms with Gasteiger partial charge in [-0.15, -0.1) is 0 Å². The molecule has 2 aromatic rings. The normalized spacial score (nSPS) is 18.6.